The molecular formula is C120H96W6. The summed E-state index contributed by atoms with van der Waals surface area (Å²) >= 11 is 0. The van der Waals surface area contributed by atoms with E-state index in [0.717, 1.165) is 77.9 Å². The van der Waals surface area contributed by atoms with Gasteiger partial charge in [-0.3, -0.25) is 0 Å². The number of rotatable bonds is 12. The molecule has 18 aromatic rings. The van der Waals surface area contributed by atoms with Crippen molar-refractivity contribution in [3.8, 4) is 134 Å². The van der Waals surface area contributed by atoms with Gasteiger partial charge in [0, 0.05) is 0 Å². The minimum absolute atomic E-state index is 0. The Morgan fingerprint density at radius 2 is 0.476 bits per heavy atom. The Kier molecular flexibility index (Phi) is 42.4. The molecule has 0 saturated heterocycles. The molecule has 0 amide bonds. The first kappa shape index (κ1) is 103. The van der Waals surface area contributed by atoms with Crippen LogP contribution in [0.25, 0.3) is 134 Å². The van der Waals surface area contributed by atoms with E-state index in [0.29, 0.717) is 0 Å². The Morgan fingerprint density at radius 3 is 0.937 bits per heavy atom. The van der Waals surface area contributed by atoms with Crippen LogP contribution in [0.1, 0.15) is 66.8 Å². The van der Waals surface area contributed by atoms with E-state index >= 15 is 0 Å². The third-order valence-electron chi connectivity index (χ3n) is 20.8. The molecule has 612 valence electrons. The van der Waals surface area contributed by atoms with E-state index in [1.165, 1.54) is 122 Å². The zero-order valence-electron chi connectivity index (χ0n) is 73.1. The van der Waals surface area contributed by atoms with E-state index < -0.39 is 0 Å². The molecule has 18 rings (SSSR count). The monoisotopic (exact) mass is 2640 g/mol. The average Bonchev–Trinajstić information content (AvgIpc) is 0.822. The van der Waals surface area contributed by atoms with Crippen LogP contribution in [0.5, 0.6) is 0 Å². The molecule has 0 heterocycles. The fourth-order valence-electron chi connectivity index (χ4n) is 14.4. The van der Waals surface area contributed by atoms with Crippen LogP contribution in [-0.2, 0) is 126 Å². The third kappa shape index (κ3) is 28.8. The van der Waals surface area contributed by atoms with Crippen molar-refractivity contribution in [1.82, 2.24) is 0 Å². The SMILES string of the molecule is Cc1[c-]c(-c2[c-]c(-c3ccc(C)cc3)ccc2)ccc1.Cc1cc[c-]c(-c2[c-]cccc2-c2cccc(C)c2)c1.Cc1cc[c-]c(-c2[c-]cccc2-c2ccccc2C)c1.Cc1ccc(-c2ccc[c-]c2-c2[c-]ccc(C)c2)cc1.Cc1ccc(-c2ccc[c-]c2-c2[c-]cccc2C)cc1.Cc1cccc(-c2cc[c-]c(-c3[c-]cccc3C)c2)c1.[W+2].[W+2].[W+2].[W+2].[W+2].[W+2]. The molecule has 0 aliphatic carbocycles. The van der Waals surface area contributed by atoms with Gasteiger partial charge in [-0.1, -0.05) is 248 Å². The van der Waals surface area contributed by atoms with E-state index in [2.05, 4.69) is 423 Å². The summed E-state index contributed by atoms with van der Waals surface area (Å²) in [6.45, 7) is 25.3. The van der Waals surface area contributed by atoms with Crippen molar-refractivity contribution in [2.24, 2.45) is 0 Å². The zero-order valence-corrected chi connectivity index (χ0v) is 90.7. The van der Waals surface area contributed by atoms with Gasteiger partial charge >= 0.3 is 126 Å². The van der Waals surface area contributed by atoms with Crippen LogP contribution in [0.15, 0.2) is 364 Å². The molecule has 18 aromatic carbocycles. The molecule has 0 aliphatic rings. The van der Waals surface area contributed by atoms with Crippen molar-refractivity contribution in [3.05, 3.63) is 504 Å². The van der Waals surface area contributed by atoms with Gasteiger partial charge in [-0.2, -0.15) is 205 Å². The maximum Gasteiger partial charge on any atom is 2.00 e. The van der Waals surface area contributed by atoms with Crippen LogP contribution >= 0.6 is 0 Å². The Hall–Kier alpha value is -9.91. The minimum Gasteiger partial charge on any atom is -0.225 e. The molecular weight excluding hydrogens is 2540 g/mol. The molecule has 0 nitrogen and oxygen atoms in total. The first-order valence-corrected chi connectivity index (χ1v) is 40.8. The molecule has 126 heavy (non-hydrogen) atoms. The Morgan fingerprint density at radius 1 is 0.151 bits per heavy atom. The van der Waals surface area contributed by atoms with Gasteiger partial charge in [0.2, 0.25) is 0 Å². The summed E-state index contributed by atoms with van der Waals surface area (Å²) in [4.78, 5) is 0. The smallest absolute Gasteiger partial charge is 0.225 e. The van der Waals surface area contributed by atoms with Gasteiger partial charge in [-0.25, -0.2) is 61.2 Å². The molecule has 0 spiro atoms. The van der Waals surface area contributed by atoms with Gasteiger partial charge in [0.25, 0.3) is 0 Å². The van der Waals surface area contributed by atoms with Gasteiger partial charge in [0.05, 0.1) is 0 Å². The molecule has 0 aromatic heterocycles. The van der Waals surface area contributed by atoms with E-state index in [9.17, 15) is 0 Å². The van der Waals surface area contributed by atoms with Crippen LogP contribution in [0, 0.1) is 156 Å². The van der Waals surface area contributed by atoms with Crippen molar-refractivity contribution in [2.75, 3.05) is 0 Å². The van der Waals surface area contributed by atoms with Crippen LogP contribution in [0.4, 0.5) is 0 Å². The van der Waals surface area contributed by atoms with Crippen LogP contribution in [0.2, 0.25) is 0 Å². The van der Waals surface area contributed by atoms with E-state index in [1.54, 1.807) is 0 Å². The van der Waals surface area contributed by atoms with Crippen molar-refractivity contribution in [1.29, 1.82) is 0 Å². The van der Waals surface area contributed by atoms with Crippen molar-refractivity contribution >= 4 is 0 Å². The van der Waals surface area contributed by atoms with Gasteiger partial charge < -0.3 is 0 Å². The minimum atomic E-state index is 0. The quantitative estimate of drug-likeness (QED) is 0.107. The van der Waals surface area contributed by atoms with Gasteiger partial charge in [0.15, 0.2) is 0 Å². The van der Waals surface area contributed by atoms with Crippen molar-refractivity contribution in [3.63, 3.8) is 0 Å². The van der Waals surface area contributed by atoms with Crippen molar-refractivity contribution < 1.29 is 126 Å². The van der Waals surface area contributed by atoms with Crippen LogP contribution in [-0.4, -0.2) is 0 Å². The standard InChI is InChI=1S/6C20H16.6W/c1-15-9-11-17(12-10-15)19-7-4-8-20(14-19)18-6-3-5-16(2)13-18;1-15-7-5-9-17(13-15)19-11-3-4-12-20(19)18-10-6-8-16(2)14-18;1-15-7-5-9-17(13-15)18-10-6-11-19(14-18)20-12-4-3-8-16(20)2;1-15-8-7-10-17(14-15)19-12-5-6-13-20(19)18-11-4-3-9-16(18)2;1-15-10-12-17(13-11-15)19-8-3-4-9-20(19)18-7-5-6-16(2)14-18;1-15-11-13-17(14-12-15)19-9-5-6-10-20(19)18-8-4-3-7-16(18)2;;;;;;/h3-12H,1-2H3;3-9,11,13-14H,1-2H3;3-10,13-14H,1-2H3;3-9,11,13-14H,1-2H3;3-6,8,10-14H,1-2H3;3-7,9,11-14H,1-2H3;;;;;;/q6*-2;6*+2. The summed E-state index contributed by atoms with van der Waals surface area (Å²) in [5.41, 5.74) is 42.8. The van der Waals surface area contributed by atoms with Crippen molar-refractivity contribution in [2.45, 2.75) is 83.1 Å². The second-order valence-corrected chi connectivity index (χ2v) is 30.5. The van der Waals surface area contributed by atoms with E-state index in [4.69, 9.17) is 0 Å². The summed E-state index contributed by atoms with van der Waals surface area (Å²) < 4.78 is 0. The molecule has 0 aliphatic heterocycles. The second-order valence-electron chi connectivity index (χ2n) is 30.5. The topological polar surface area (TPSA) is 0 Å². The Labute approximate surface area is 837 Å². The normalized spacial score (nSPS) is 10.0. The number of aryl methyl sites for hydroxylation is 12. The first-order chi connectivity index (χ1) is 58.4. The summed E-state index contributed by atoms with van der Waals surface area (Å²) in [5.74, 6) is 0. The van der Waals surface area contributed by atoms with Crippen LogP contribution in [0.3, 0.4) is 0 Å². The number of hydrogen-bond acceptors (Lipinski definition) is 0. The first-order valence-electron chi connectivity index (χ1n) is 40.8. The molecule has 0 unspecified atom stereocenters. The summed E-state index contributed by atoms with van der Waals surface area (Å²) in [7, 11) is 0. The second kappa shape index (κ2) is 51.8. The van der Waals surface area contributed by atoms with Gasteiger partial charge in [-0.15, -0.1) is 159 Å². The number of benzene rings is 18. The fraction of sp³-hybridized carbons (Fsp3) is 0.100. The fourth-order valence-corrected chi connectivity index (χ4v) is 14.4. The Bertz CT molecular complexity index is 6360. The molecule has 0 atom stereocenters. The van der Waals surface area contributed by atoms with Gasteiger partial charge in [0.1, 0.15) is 0 Å². The zero-order chi connectivity index (χ0) is 83.7. The van der Waals surface area contributed by atoms with Gasteiger partial charge in [-0.05, 0) is 47.1 Å². The maximum absolute atomic E-state index is 3.49. The molecule has 0 bridgehead atoms. The summed E-state index contributed by atoms with van der Waals surface area (Å²) in [6.07, 6.45) is 0. The maximum atomic E-state index is 3.49. The predicted molar refractivity (Wildman–Crippen MR) is 507 cm³/mol. The Balaban J connectivity index is 0.000000205. The third-order valence-corrected chi connectivity index (χ3v) is 20.8. The number of hydrogen-bond donors (Lipinski definition) is 0. The summed E-state index contributed by atoms with van der Waals surface area (Å²) in [5, 5.41) is 0. The molecule has 0 saturated carbocycles. The molecule has 6 heteroatoms. The molecule has 0 radical (unpaired) electrons. The van der Waals surface area contributed by atoms with E-state index in [1.807, 2.05) is 97.1 Å². The molecule has 0 fully saturated rings. The predicted octanol–water partition coefficient (Wildman–Crippen LogP) is 31.4. The van der Waals surface area contributed by atoms with E-state index in [-0.39, 0.29) is 126 Å². The van der Waals surface area contributed by atoms with Crippen LogP contribution < -0.4 is 0 Å². The summed E-state index contributed by atoms with van der Waals surface area (Å²) in [6, 6.07) is 166. The average molecular weight is 2640 g/mol. The molecule has 0 N–H and O–H groups in total. The largest absolute Gasteiger partial charge is 2.00 e.